The zero-order valence-corrected chi connectivity index (χ0v) is 14.9. The van der Waals surface area contributed by atoms with Crippen LogP contribution in [-0.4, -0.2) is 37.0 Å². The van der Waals surface area contributed by atoms with Gasteiger partial charge in [0.15, 0.2) is 22.8 Å². The molecule has 0 amide bonds. The second kappa shape index (κ2) is 7.38. The predicted octanol–water partition coefficient (Wildman–Crippen LogP) is 2.58. The summed E-state index contributed by atoms with van der Waals surface area (Å²) >= 11 is 0. The molecule has 8 nitrogen and oxygen atoms in total. The molecule has 0 saturated carbocycles. The molecule has 0 aliphatic heterocycles. The van der Waals surface area contributed by atoms with E-state index in [1.807, 2.05) is 12.1 Å². The molecule has 0 atom stereocenters. The average Bonchev–Trinajstić information content (AvgIpc) is 2.92. The Kier molecular flexibility index (Phi) is 5.01. The third-order valence-corrected chi connectivity index (χ3v) is 4.12. The van der Waals surface area contributed by atoms with E-state index in [2.05, 4.69) is 27.2 Å². The number of hydrogen-bond donors (Lipinski definition) is 3. The minimum Gasteiger partial charge on any atom is -0.480 e. The van der Waals surface area contributed by atoms with Gasteiger partial charge >= 0.3 is 0 Å². The summed E-state index contributed by atoms with van der Waals surface area (Å²) in [5.41, 5.74) is 8.35. The number of ketones is 1. The highest BCUT2D eigenvalue weighted by Crippen LogP contribution is 2.25. The number of carbonyl (C=O) groups is 1. The number of hydrogen-bond acceptors (Lipinski definition) is 7. The van der Waals surface area contributed by atoms with Gasteiger partial charge in [0, 0.05) is 12.1 Å². The van der Waals surface area contributed by atoms with Gasteiger partial charge < -0.3 is 16.2 Å². The lowest BCUT2D eigenvalue weighted by Crippen LogP contribution is -2.08. The molecule has 0 bridgehead atoms. The summed E-state index contributed by atoms with van der Waals surface area (Å²) < 4.78 is 1.57. The summed E-state index contributed by atoms with van der Waals surface area (Å²) in [6, 6.07) is 7.02. The summed E-state index contributed by atoms with van der Waals surface area (Å²) in [4.78, 5) is 24.1. The molecule has 0 radical (unpaired) electrons. The normalized spacial score (nSPS) is 11.0. The zero-order chi connectivity index (χ0) is 18.7. The molecule has 1 aromatic carbocycles. The number of carbonyl (C=O) groups excluding carboxylic acids is 1. The molecule has 26 heavy (non-hydrogen) atoms. The summed E-state index contributed by atoms with van der Waals surface area (Å²) in [6.07, 6.45) is 2.05. The van der Waals surface area contributed by atoms with E-state index in [1.165, 1.54) is 6.92 Å². The number of anilines is 2. The van der Waals surface area contributed by atoms with E-state index in [0.29, 0.717) is 29.2 Å². The van der Waals surface area contributed by atoms with Crippen molar-refractivity contribution in [3.8, 4) is 6.01 Å². The molecule has 3 aromatic rings. The maximum atomic E-state index is 11.4. The minimum absolute atomic E-state index is 0.00999. The molecule has 0 aliphatic carbocycles. The van der Waals surface area contributed by atoms with Crippen LogP contribution in [0.5, 0.6) is 6.01 Å². The van der Waals surface area contributed by atoms with Crippen LogP contribution in [0.3, 0.4) is 0 Å². The standard InChI is InChI=1S/C18H22N6O2/c1-3-4-9-20-17-22-15(19)14-16(23-17)24(18(26)21-14)10-12-5-7-13(8-6-12)11(2)25/h5-8H,3-4,9-10H2,1-2H3,(H,21,26)(H3,19,20,22,23). The van der Waals surface area contributed by atoms with E-state index in [-0.39, 0.29) is 17.6 Å². The van der Waals surface area contributed by atoms with Crippen molar-refractivity contribution in [2.24, 2.45) is 0 Å². The van der Waals surface area contributed by atoms with E-state index in [1.54, 1.807) is 16.7 Å². The molecule has 0 fully saturated rings. The number of nitrogens with zero attached hydrogens (tertiary/aromatic N) is 4. The van der Waals surface area contributed by atoms with Gasteiger partial charge in [-0.2, -0.15) is 15.0 Å². The summed E-state index contributed by atoms with van der Waals surface area (Å²) in [6.45, 7) is 4.72. The number of benzene rings is 1. The van der Waals surface area contributed by atoms with E-state index in [0.717, 1.165) is 24.9 Å². The van der Waals surface area contributed by atoms with Crippen LogP contribution in [0.25, 0.3) is 11.2 Å². The fourth-order valence-corrected chi connectivity index (χ4v) is 2.64. The quantitative estimate of drug-likeness (QED) is 0.441. The maximum Gasteiger partial charge on any atom is 0.296 e. The predicted molar refractivity (Wildman–Crippen MR) is 100 cm³/mol. The second-order valence-corrected chi connectivity index (χ2v) is 6.14. The number of rotatable bonds is 7. The summed E-state index contributed by atoms with van der Waals surface area (Å²) in [5, 5.41) is 13.4. The van der Waals surface area contributed by atoms with Gasteiger partial charge in [0.2, 0.25) is 5.95 Å². The number of aromatic nitrogens is 4. The first-order valence-corrected chi connectivity index (χ1v) is 8.56. The largest absolute Gasteiger partial charge is 0.480 e. The molecule has 0 unspecified atom stereocenters. The smallest absolute Gasteiger partial charge is 0.296 e. The molecular formula is C18H22N6O2. The number of unbranched alkanes of at least 4 members (excludes halogenated alkanes) is 1. The van der Waals surface area contributed by atoms with E-state index >= 15 is 0 Å². The lowest BCUT2D eigenvalue weighted by Gasteiger charge is -2.08. The van der Waals surface area contributed by atoms with Gasteiger partial charge in [0.25, 0.3) is 6.01 Å². The highest BCUT2D eigenvalue weighted by molar-refractivity contribution is 5.94. The van der Waals surface area contributed by atoms with Crippen LogP contribution in [0.15, 0.2) is 24.3 Å². The molecule has 0 saturated heterocycles. The first kappa shape index (κ1) is 17.7. The van der Waals surface area contributed by atoms with Crippen LogP contribution in [0.2, 0.25) is 0 Å². The number of nitrogens with one attached hydrogen (secondary N) is 1. The van der Waals surface area contributed by atoms with E-state index in [4.69, 9.17) is 5.73 Å². The zero-order valence-electron chi connectivity index (χ0n) is 14.9. The first-order valence-electron chi connectivity index (χ1n) is 8.56. The second-order valence-electron chi connectivity index (χ2n) is 6.14. The number of fused-ring (bicyclic) bond motifs is 1. The Morgan fingerprint density at radius 2 is 1.96 bits per heavy atom. The molecule has 3 rings (SSSR count). The van der Waals surface area contributed by atoms with Crippen molar-refractivity contribution in [1.29, 1.82) is 0 Å². The van der Waals surface area contributed by atoms with Gasteiger partial charge in [-0.3, -0.25) is 9.36 Å². The maximum absolute atomic E-state index is 11.4. The Balaban J connectivity index is 1.93. The third-order valence-electron chi connectivity index (χ3n) is 4.12. The summed E-state index contributed by atoms with van der Waals surface area (Å²) in [7, 11) is 0. The Hall–Kier alpha value is -3.16. The van der Waals surface area contributed by atoms with E-state index < -0.39 is 0 Å². The average molecular weight is 354 g/mol. The molecule has 4 N–H and O–H groups in total. The van der Waals surface area contributed by atoms with Crippen LogP contribution in [0, 0.1) is 0 Å². The van der Waals surface area contributed by atoms with Crippen molar-refractivity contribution in [3.63, 3.8) is 0 Å². The SMILES string of the molecule is CCCCNc1nc(N)c2nc(O)n(Cc3ccc(C(C)=O)cc3)c2n1. The number of aromatic hydroxyl groups is 1. The van der Waals surface area contributed by atoms with Crippen LogP contribution in [0.4, 0.5) is 11.8 Å². The van der Waals surface area contributed by atoms with Crippen LogP contribution in [0.1, 0.15) is 42.6 Å². The van der Waals surface area contributed by atoms with Crippen molar-refractivity contribution in [1.82, 2.24) is 19.5 Å². The number of nitrogens with two attached hydrogens (primary N) is 1. The van der Waals surface area contributed by atoms with Crippen molar-refractivity contribution in [3.05, 3.63) is 35.4 Å². The molecular weight excluding hydrogens is 332 g/mol. The van der Waals surface area contributed by atoms with Crippen LogP contribution in [-0.2, 0) is 6.54 Å². The topological polar surface area (TPSA) is 119 Å². The van der Waals surface area contributed by atoms with E-state index in [9.17, 15) is 9.90 Å². The number of Topliss-reactive ketones (excluding diaryl/α,β-unsaturated/α-hetero) is 1. The molecule has 136 valence electrons. The van der Waals surface area contributed by atoms with Crippen molar-refractivity contribution in [2.45, 2.75) is 33.2 Å². The molecule has 8 heteroatoms. The fourth-order valence-electron chi connectivity index (χ4n) is 2.64. The fraction of sp³-hybridized carbons (Fsp3) is 0.333. The Morgan fingerprint density at radius 1 is 1.23 bits per heavy atom. The molecule has 0 aliphatic rings. The van der Waals surface area contributed by atoms with Gasteiger partial charge in [-0.25, -0.2) is 0 Å². The van der Waals surface area contributed by atoms with Crippen molar-refractivity contribution >= 4 is 28.7 Å². The highest BCUT2D eigenvalue weighted by Gasteiger charge is 2.16. The highest BCUT2D eigenvalue weighted by atomic mass is 16.3. The number of nitrogen functional groups attached to an aromatic ring is 1. The lowest BCUT2D eigenvalue weighted by molar-refractivity contribution is 0.101. The van der Waals surface area contributed by atoms with Gasteiger partial charge in [-0.1, -0.05) is 37.6 Å². The Morgan fingerprint density at radius 3 is 2.62 bits per heavy atom. The van der Waals surface area contributed by atoms with Crippen molar-refractivity contribution < 1.29 is 9.90 Å². The Labute approximate surface area is 151 Å². The van der Waals surface area contributed by atoms with Gasteiger partial charge in [0.1, 0.15) is 0 Å². The number of imidazole rings is 1. The van der Waals surface area contributed by atoms with Crippen LogP contribution < -0.4 is 11.1 Å². The lowest BCUT2D eigenvalue weighted by atomic mass is 10.1. The monoisotopic (exact) mass is 354 g/mol. The summed E-state index contributed by atoms with van der Waals surface area (Å²) in [5.74, 6) is 0.641. The first-order chi connectivity index (χ1) is 12.5. The van der Waals surface area contributed by atoms with Gasteiger partial charge in [0.05, 0.1) is 6.54 Å². The Bertz CT molecular complexity index is 933. The van der Waals surface area contributed by atoms with Crippen molar-refractivity contribution in [2.75, 3.05) is 17.6 Å². The van der Waals surface area contributed by atoms with Crippen LogP contribution >= 0.6 is 0 Å². The molecule has 2 heterocycles. The van der Waals surface area contributed by atoms with Gasteiger partial charge in [-0.05, 0) is 18.9 Å². The molecule has 0 spiro atoms. The minimum atomic E-state index is -0.178. The third kappa shape index (κ3) is 3.58. The molecule has 2 aromatic heterocycles. The van der Waals surface area contributed by atoms with Gasteiger partial charge in [-0.15, -0.1) is 0 Å².